The van der Waals surface area contributed by atoms with Crippen LogP contribution >= 0.6 is 0 Å². The van der Waals surface area contributed by atoms with Gasteiger partial charge in [-0.25, -0.2) is 4.99 Å². The third-order valence-electron chi connectivity index (χ3n) is 5.83. The molecule has 1 aliphatic rings. The zero-order chi connectivity index (χ0) is 19.8. The second kappa shape index (κ2) is 15.0. The lowest BCUT2D eigenvalue weighted by Crippen LogP contribution is -2.57. The van der Waals surface area contributed by atoms with E-state index >= 15 is 0 Å². The van der Waals surface area contributed by atoms with E-state index in [0.717, 1.165) is 18.7 Å². The van der Waals surface area contributed by atoms with Crippen molar-refractivity contribution >= 4 is 11.8 Å². The Hall–Kier alpha value is -0.940. The number of carbonyl (C=O) groups excluding carboxylic acids is 1. The van der Waals surface area contributed by atoms with Crippen LogP contribution in [0.4, 0.5) is 0 Å². The van der Waals surface area contributed by atoms with Gasteiger partial charge in [-0.2, -0.15) is 0 Å². The summed E-state index contributed by atoms with van der Waals surface area (Å²) in [6.07, 6.45) is 18.1. The highest BCUT2D eigenvalue weighted by molar-refractivity contribution is 5.79. The second-order valence-corrected chi connectivity index (χ2v) is 8.14. The second-order valence-electron chi connectivity index (χ2n) is 8.14. The van der Waals surface area contributed by atoms with Gasteiger partial charge in [-0.05, 0) is 6.42 Å². The zero-order valence-electron chi connectivity index (χ0n) is 17.6. The molecule has 1 rings (SSSR count). The fraction of sp³-hybridized carbons (Fsp3) is 0.909. The summed E-state index contributed by atoms with van der Waals surface area (Å²) in [7, 11) is 0. The van der Waals surface area contributed by atoms with E-state index < -0.39 is 5.97 Å². The Balaban J connectivity index is 2.05. The molecule has 5 heteroatoms. The minimum absolute atomic E-state index is 0.00902. The van der Waals surface area contributed by atoms with E-state index in [0.29, 0.717) is 24.1 Å². The molecule has 158 valence electrons. The monoisotopic (exact) mass is 382 g/mol. The van der Waals surface area contributed by atoms with Gasteiger partial charge in [-0.3, -0.25) is 4.48 Å². The highest BCUT2D eigenvalue weighted by atomic mass is 16.4. The fourth-order valence-corrected chi connectivity index (χ4v) is 4.20. The molecule has 1 unspecified atom stereocenters. The van der Waals surface area contributed by atoms with Crippen LogP contribution in [0.25, 0.3) is 0 Å². The number of rotatable bonds is 18. The lowest BCUT2D eigenvalue weighted by molar-refractivity contribution is -0.831. The van der Waals surface area contributed by atoms with Crippen molar-refractivity contribution in [3.63, 3.8) is 0 Å². The van der Waals surface area contributed by atoms with Gasteiger partial charge in [0.25, 0.3) is 0 Å². The van der Waals surface area contributed by atoms with Crippen LogP contribution in [0.15, 0.2) is 4.99 Å². The summed E-state index contributed by atoms with van der Waals surface area (Å²) >= 11 is 0. The molecule has 27 heavy (non-hydrogen) atoms. The summed E-state index contributed by atoms with van der Waals surface area (Å²) in [5.74, 6) is -0.0975. The fourth-order valence-electron chi connectivity index (χ4n) is 4.20. The number of quaternary nitrogens is 1. The largest absolute Gasteiger partial charge is 0.544 e. The van der Waals surface area contributed by atoms with Crippen LogP contribution < -0.4 is 5.11 Å². The van der Waals surface area contributed by atoms with E-state index in [9.17, 15) is 15.0 Å². The Bertz CT molecular complexity index is 426. The predicted molar refractivity (Wildman–Crippen MR) is 110 cm³/mol. The summed E-state index contributed by atoms with van der Waals surface area (Å²) in [6, 6.07) is 0. The lowest BCUT2D eigenvalue weighted by atomic mass is 10.0. The number of carbonyl (C=O) groups is 1. The number of unbranched alkanes of at least 4 members (excludes halogenated alkanes) is 12. The molecule has 1 aliphatic heterocycles. The van der Waals surface area contributed by atoms with E-state index in [2.05, 4.69) is 11.9 Å². The highest BCUT2D eigenvalue weighted by Gasteiger charge is 2.37. The van der Waals surface area contributed by atoms with Gasteiger partial charge >= 0.3 is 0 Å². The minimum atomic E-state index is -1.05. The predicted octanol–water partition coefficient (Wildman–Crippen LogP) is 3.44. The Morgan fingerprint density at radius 3 is 1.96 bits per heavy atom. The number of hydrogen-bond acceptors (Lipinski definition) is 4. The summed E-state index contributed by atoms with van der Waals surface area (Å²) in [5, 5.41) is 20.4. The Labute approximate surface area is 166 Å². The number of carboxylic acid groups (broad SMARTS) is 1. The first-order chi connectivity index (χ1) is 13.1. The van der Waals surface area contributed by atoms with Crippen LogP contribution in [0, 0.1) is 0 Å². The molecule has 0 radical (unpaired) electrons. The Morgan fingerprint density at radius 1 is 0.963 bits per heavy atom. The van der Waals surface area contributed by atoms with Crippen molar-refractivity contribution in [1.29, 1.82) is 0 Å². The number of aliphatic hydroxyl groups is 1. The Kier molecular flexibility index (Phi) is 13.4. The molecule has 0 saturated carbocycles. The quantitative estimate of drug-likeness (QED) is 0.291. The molecule has 5 nitrogen and oxygen atoms in total. The van der Waals surface area contributed by atoms with Gasteiger partial charge in [0.05, 0.1) is 19.1 Å². The van der Waals surface area contributed by atoms with Gasteiger partial charge in [0.15, 0.2) is 5.84 Å². The van der Waals surface area contributed by atoms with Gasteiger partial charge in [0.2, 0.25) is 0 Å². The highest BCUT2D eigenvalue weighted by Crippen LogP contribution is 2.20. The number of aliphatic hydroxyl groups excluding tert-OH is 1. The Morgan fingerprint density at radius 2 is 1.48 bits per heavy atom. The zero-order valence-corrected chi connectivity index (χ0v) is 17.6. The summed E-state index contributed by atoms with van der Waals surface area (Å²) in [4.78, 5) is 15.6. The maximum Gasteiger partial charge on any atom is 0.198 e. The third kappa shape index (κ3) is 10.2. The van der Waals surface area contributed by atoms with E-state index in [1.54, 1.807) is 0 Å². The van der Waals surface area contributed by atoms with Gasteiger partial charge < -0.3 is 15.0 Å². The number of carboxylic acids is 1. The SMILES string of the molecule is CCCCCCCCCCCCCCCC1=NCC[N+]1(CCO)CC(=O)[O-]. The molecule has 0 aromatic heterocycles. The molecule has 1 N–H and O–H groups in total. The van der Waals surface area contributed by atoms with E-state index in [4.69, 9.17) is 0 Å². The van der Waals surface area contributed by atoms with Gasteiger partial charge in [0.1, 0.15) is 19.6 Å². The first kappa shape index (κ1) is 24.1. The number of hydrogen-bond donors (Lipinski definition) is 1. The van der Waals surface area contributed by atoms with E-state index in [1.165, 1.54) is 77.0 Å². The van der Waals surface area contributed by atoms with Gasteiger partial charge in [-0.15, -0.1) is 0 Å². The summed E-state index contributed by atoms with van der Waals surface area (Å²) in [6.45, 7) is 3.98. The average molecular weight is 383 g/mol. The summed E-state index contributed by atoms with van der Waals surface area (Å²) in [5.41, 5.74) is 0. The number of aliphatic imine (C=N–C) groups is 1. The molecular formula is C22H42N2O3. The molecule has 0 aliphatic carbocycles. The molecule has 0 spiro atoms. The molecule has 0 aromatic rings. The standard InChI is InChI=1S/C22H42N2O3/c1-2-3-4-5-6-7-8-9-10-11-12-13-14-15-21-23-16-17-24(21,18-19-25)20-22(26)27/h25H,2-20H2,1H3. The van der Waals surface area contributed by atoms with Crippen molar-refractivity contribution in [3.8, 4) is 0 Å². The average Bonchev–Trinajstić information content (AvgIpc) is 3.00. The van der Waals surface area contributed by atoms with Crippen LogP contribution in [0.1, 0.15) is 96.8 Å². The lowest BCUT2D eigenvalue weighted by Gasteiger charge is -2.34. The van der Waals surface area contributed by atoms with Crippen molar-refractivity contribution in [2.45, 2.75) is 96.8 Å². The van der Waals surface area contributed by atoms with Crippen molar-refractivity contribution in [2.24, 2.45) is 4.99 Å². The van der Waals surface area contributed by atoms with Crippen molar-refractivity contribution in [1.82, 2.24) is 0 Å². The van der Waals surface area contributed by atoms with Crippen LogP contribution in [0.5, 0.6) is 0 Å². The van der Waals surface area contributed by atoms with Gasteiger partial charge in [-0.1, -0.05) is 84.0 Å². The first-order valence-electron chi connectivity index (χ1n) is 11.4. The van der Waals surface area contributed by atoms with Crippen LogP contribution in [-0.4, -0.2) is 54.2 Å². The maximum atomic E-state index is 11.1. The smallest absolute Gasteiger partial charge is 0.198 e. The third-order valence-corrected chi connectivity index (χ3v) is 5.83. The van der Waals surface area contributed by atoms with Crippen LogP contribution in [-0.2, 0) is 4.79 Å². The topological polar surface area (TPSA) is 72.7 Å². The molecule has 0 saturated heterocycles. The number of aliphatic carboxylic acids is 1. The molecular weight excluding hydrogens is 340 g/mol. The van der Waals surface area contributed by atoms with Crippen LogP contribution in [0.2, 0.25) is 0 Å². The van der Waals surface area contributed by atoms with Crippen molar-refractivity contribution in [3.05, 3.63) is 0 Å². The molecule has 0 aromatic carbocycles. The van der Waals surface area contributed by atoms with Gasteiger partial charge in [0, 0.05) is 6.42 Å². The summed E-state index contributed by atoms with van der Waals surface area (Å²) < 4.78 is 0.303. The molecule has 0 fully saturated rings. The normalized spacial score (nSPS) is 19.4. The minimum Gasteiger partial charge on any atom is -0.544 e. The number of nitrogens with zero attached hydrogens (tertiary/aromatic N) is 2. The van der Waals surface area contributed by atoms with E-state index in [1.807, 2.05) is 0 Å². The first-order valence-corrected chi connectivity index (χ1v) is 11.4. The molecule has 1 atom stereocenters. The molecule has 0 amide bonds. The van der Waals surface area contributed by atoms with Crippen molar-refractivity contribution < 1.29 is 19.5 Å². The maximum absolute atomic E-state index is 11.1. The van der Waals surface area contributed by atoms with E-state index in [-0.39, 0.29) is 13.2 Å². The molecule has 1 heterocycles. The number of amidine groups is 1. The van der Waals surface area contributed by atoms with Crippen molar-refractivity contribution in [2.75, 3.05) is 32.8 Å². The van der Waals surface area contributed by atoms with Crippen LogP contribution in [0.3, 0.4) is 0 Å². The molecule has 0 bridgehead atoms.